The summed E-state index contributed by atoms with van der Waals surface area (Å²) in [5.74, 6) is 0.206. The van der Waals surface area contributed by atoms with Gasteiger partial charge in [0.1, 0.15) is 0 Å². The fraction of sp³-hybridized carbons (Fsp3) is 1.00. The van der Waals surface area contributed by atoms with E-state index >= 15 is 0 Å². The number of alkyl halides is 3. The standard InChI is InChI=1S/C14H24F3N/c1-9-6-10(2)8-11(7-9)13-12(14(15,16)17)4-3-5-18-13/h9-13,18H,3-8H2,1-2H3. The van der Waals surface area contributed by atoms with E-state index in [0.29, 0.717) is 24.7 Å². The molecule has 1 saturated heterocycles. The van der Waals surface area contributed by atoms with Gasteiger partial charge in [0, 0.05) is 6.04 Å². The molecule has 0 radical (unpaired) electrons. The molecule has 1 aliphatic carbocycles. The minimum absolute atomic E-state index is 0.204. The van der Waals surface area contributed by atoms with Crippen LogP contribution in [-0.2, 0) is 0 Å². The van der Waals surface area contributed by atoms with Gasteiger partial charge >= 0.3 is 6.18 Å². The van der Waals surface area contributed by atoms with Crippen molar-refractivity contribution in [3.8, 4) is 0 Å². The molecule has 4 heteroatoms. The normalized spacial score (nSPS) is 42.8. The fourth-order valence-electron chi connectivity index (χ4n) is 4.08. The third-order valence-electron chi connectivity index (χ3n) is 4.65. The van der Waals surface area contributed by atoms with Crippen LogP contribution >= 0.6 is 0 Å². The van der Waals surface area contributed by atoms with Crippen LogP contribution in [0.4, 0.5) is 13.2 Å². The van der Waals surface area contributed by atoms with Gasteiger partial charge in [-0.3, -0.25) is 0 Å². The van der Waals surface area contributed by atoms with Crippen LogP contribution in [0.25, 0.3) is 0 Å². The molecular weight excluding hydrogens is 239 g/mol. The Bertz CT molecular complexity index is 267. The Morgan fingerprint density at radius 2 is 1.61 bits per heavy atom. The summed E-state index contributed by atoms with van der Waals surface area (Å²) in [4.78, 5) is 0. The van der Waals surface area contributed by atoms with E-state index in [9.17, 15) is 13.2 Å². The minimum atomic E-state index is -4.04. The van der Waals surface area contributed by atoms with Crippen molar-refractivity contribution in [1.29, 1.82) is 0 Å². The molecule has 2 fully saturated rings. The molecule has 0 aromatic carbocycles. The van der Waals surface area contributed by atoms with E-state index < -0.39 is 12.1 Å². The van der Waals surface area contributed by atoms with Gasteiger partial charge in [0.2, 0.25) is 0 Å². The first-order valence-electron chi connectivity index (χ1n) is 7.18. The maximum absolute atomic E-state index is 13.1. The third-order valence-corrected chi connectivity index (χ3v) is 4.65. The molecule has 1 saturated carbocycles. The average molecular weight is 263 g/mol. The van der Waals surface area contributed by atoms with Crippen molar-refractivity contribution in [2.24, 2.45) is 23.7 Å². The van der Waals surface area contributed by atoms with Crippen LogP contribution in [0.1, 0.15) is 46.0 Å². The first kappa shape index (κ1) is 14.2. The lowest BCUT2D eigenvalue weighted by Gasteiger charge is -2.43. The van der Waals surface area contributed by atoms with E-state index in [2.05, 4.69) is 19.2 Å². The number of piperidine rings is 1. The Balaban J connectivity index is 2.08. The van der Waals surface area contributed by atoms with Crippen LogP contribution in [0.15, 0.2) is 0 Å². The number of nitrogens with one attached hydrogen (secondary N) is 1. The smallest absolute Gasteiger partial charge is 0.313 e. The van der Waals surface area contributed by atoms with Gasteiger partial charge < -0.3 is 5.32 Å². The molecule has 1 aliphatic heterocycles. The molecule has 4 atom stereocenters. The molecule has 0 amide bonds. The highest BCUT2D eigenvalue weighted by Gasteiger charge is 2.48. The molecule has 2 rings (SSSR count). The first-order chi connectivity index (χ1) is 8.38. The molecule has 18 heavy (non-hydrogen) atoms. The van der Waals surface area contributed by atoms with Crippen LogP contribution in [0.5, 0.6) is 0 Å². The summed E-state index contributed by atoms with van der Waals surface area (Å²) in [6, 6.07) is -0.344. The quantitative estimate of drug-likeness (QED) is 0.754. The summed E-state index contributed by atoms with van der Waals surface area (Å²) >= 11 is 0. The lowest BCUT2D eigenvalue weighted by atomic mass is 9.69. The number of hydrogen-bond acceptors (Lipinski definition) is 1. The zero-order chi connectivity index (χ0) is 13.3. The molecular formula is C14H24F3N. The van der Waals surface area contributed by atoms with Crippen molar-refractivity contribution in [2.45, 2.75) is 58.2 Å². The second-order valence-electron chi connectivity index (χ2n) is 6.45. The summed E-state index contributed by atoms with van der Waals surface area (Å²) < 4.78 is 39.3. The summed E-state index contributed by atoms with van der Waals surface area (Å²) in [7, 11) is 0. The second kappa shape index (κ2) is 5.40. The highest BCUT2D eigenvalue weighted by atomic mass is 19.4. The summed E-state index contributed by atoms with van der Waals surface area (Å²) in [5.41, 5.74) is 0. The Labute approximate surface area is 108 Å². The molecule has 106 valence electrons. The zero-order valence-electron chi connectivity index (χ0n) is 11.3. The maximum Gasteiger partial charge on any atom is 0.393 e. The van der Waals surface area contributed by atoms with Crippen LogP contribution in [-0.4, -0.2) is 18.8 Å². The fourth-order valence-corrected chi connectivity index (χ4v) is 4.08. The Kier molecular flexibility index (Phi) is 4.25. The lowest BCUT2D eigenvalue weighted by molar-refractivity contribution is -0.194. The van der Waals surface area contributed by atoms with Crippen molar-refractivity contribution in [2.75, 3.05) is 6.54 Å². The summed E-state index contributed by atoms with van der Waals surface area (Å²) in [6.45, 7) is 5.10. The third kappa shape index (κ3) is 3.19. The predicted octanol–water partition coefficient (Wildman–Crippen LogP) is 3.99. The molecule has 1 N–H and O–H groups in total. The first-order valence-corrected chi connectivity index (χ1v) is 7.18. The Hall–Kier alpha value is -0.250. The SMILES string of the molecule is CC1CC(C)CC(C2NCCCC2C(F)(F)F)C1. The molecule has 0 aromatic rings. The molecule has 1 nitrogen and oxygen atoms in total. The van der Waals surface area contributed by atoms with Gasteiger partial charge in [-0.1, -0.05) is 13.8 Å². The van der Waals surface area contributed by atoms with E-state index in [1.165, 1.54) is 6.42 Å². The van der Waals surface area contributed by atoms with Gasteiger partial charge in [-0.2, -0.15) is 13.2 Å². The molecule has 0 aromatic heterocycles. The molecule has 4 unspecified atom stereocenters. The van der Waals surface area contributed by atoms with E-state index in [4.69, 9.17) is 0 Å². The predicted molar refractivity (Wildman–Crippen MR) is 66.2 cm³/mol. The Morgan fingerprint density at radius 3 is 2.17 bits per heavy atom. The van der Waals surface area contributed by atoms with Gasteiger partial charge in [-0.25, -0.2) is 0 Å². The minimum Gasteiger partial charge on any atom is -0.313 e. The van der Waals surface area contributed by atoms with Crippen LogP contribution in [0.2, 0.25) is 0 Å². The highest BCUT2D eigenvalue weighted by molar-refractivity contribution is 4.93. The van der Waals surface area contributed by atoms with Crippen LogP contribution in [0, 0.1) is 23.7 Å². The van der Waals surface area contributed by atoms with Gasteiger partial charge in [-0.05, 0) is 56.4 Å². The molecule has 1 heterocycles. The number of hydrogen-bond donors (Lipinski definition) is 1. The van der Waals surface area contributed by atoms with Gasteiger partial charge in [0.15, 0.2) is 0 Å². The van der Waals surface area contributed by atoms with Gasteiger partial charge in [-0.15, -0.1) is 0 Å². The van der Waals surface area contributed by atoms with Crippen molar-refractivity contribution < 1.29 is 13.2 Å². The molecule has 0 spiro atoms. The van der Waals surface area contributed by atoms with E-state index in [-0.39, 0.29) is 12.0 Å². The largest absolute Gasteiger partial charge is 0.393 e. The Morgan fingerprint density at radius 1 is 1.00 bits per heavy atom. The summed E-state index contributed by atoms with van der Waals surface area (Å²) in [5, 5.41) is 3.17. The van der Waals surface area contributed by atoms with E-state index in [1.807, 2.05) is 0 Å². The topological polar surface area (TPSA) is 12.0 Å². The number of rotatable bonds is 1. The zero-order valence-corrected chi connectivity index (χ0v) is 11.3. The van der Waals surface area contributed by atoms with Crippen molar-refractivity contribution in [3.05, 3.63) is 0 Å². The highest BCUT2D eigenvalue weighted by Crippen LogP contribution is 2.43. The molecule has 0 bridgehead atoms. The van der Waals surface area contributed by atoms with Crippen molar-refractivity contribution in [3.63, 3.8) is 0 Å². The van der Waals surface area contributed by atoms with Crippen molar-refractivity contribution >= 4 is 0 Å². The summed E-state index contributed by atoms with van der Waals surface area (Å²) in [6.07, 6.45) is -0.00990. The monoisotopic (exact) mass is 263 g/mol. The maximum atomic E-state index is 13.1. The molecule has 2 aliphatic rings. The van der Waals surface area contributed by atoms with Crippen LogP contribution in [0.3, 0.4) is 0 Å². The lowest BCUT2D eigenvalue weighted by Crippen LogP contribution is -2.52. The second-order valence-corrected chi connectivity index (χ2v) is 6.45. The van der Waals surface area contributed by atoms with Crippen LogP contribution < -0.4 is 5.32 Å². The van der Waals surface area contributed by atoms with E-state index in [1.54, 1.807) is 0 Å². The van der Waals surface area contributed by atoms with Gasteiger partial charge in [0.25, 0.3) is 0 Å². The average Bonchev–Trinajstić information content (AvgIpc) is 2.26. The van der Waals surface area contributed by atoms with E-state index in [0.717, 1.165) is 19.4 Å². The van der Waals surface area contributed by atoms with Crippen molar-refractivity contribution in [1.82, 2.24) is 5.32 Å². The van der Waals surface area contributed by atoms with Gasteiger partial charge in [0.05, 0.1) is 5.92 Å². The number of halogens is 3.